The van der Waals surface area contributed by atoms with Crippen LogP contribution >= 0.6 is 0 Å². The summed E-state index contributed by atoms with van der Waals surface area (Å²) in [5.41, 5.74) is 6.31. The lowest BCUT2D eigenvalue weighted by molar-refractivity contribution is -0.553. The maximum absolute atomic E-state index is 12.8. The normalized spacial score (nSPS) is 14.1. The fourth-order valence-corrected chi connectivity index (χ4v) is 8.18. The highest BCUT2D eigenvalue weighted by molar-refractivity contribution is 7.94. The molecule has 0 unspecified atom stereocenters. The van der Waals surface area contributed by atoms with E-state index >= 15 is 0 Å². The number of nitrogens with zero attached hydrogens (tertiary/aromatic N) is 2. The highest BCUT2D eigenvalue weighted by Gasteiger charge is 2.34. The van der Waals surface area contributed by atoms with Crippen LogP contribution in [0.2, 0.25) is 0 Å². The molecular formula is C41H23N2O12S2-. The van der Waals surface area contributed by atoms with E-state index in [2.05, 4.69) is 18.0 Å². The second kappa shape index (κ2) is 13.0. The summed E-state index contributed by atoms with van der Waals surface area (Å²) in [5.74, 6) is -2.85. The van der Waals surface area contributed by atoms with E-state index in [-0.39, 0.29) is 51.0 Å². The zero-order valence-corrected chi connectivity index (χ0v) is 30.6. The number of carboxylic acid groups (broad SMARTS) is 1. The molecule has 3 aromatic heterocycles. The van der Waals surface area contributed by atoms with Gasteiger partial charge in [0.05, 0.1) is 23.4 Å². The summed E-state index contributed by atoms with van der Waals surface area (Å²) in [5, 5.41) is 12.0. The minimum Gasteiger partial charge on any atom is -0.747 e. The van der Waals surface area contributed by atoms with Crippen molar-refractivity contribution in [3.05, 3.63) is 144 Å². The van der Waals surface area contributed by atoms with Crippen LogP contribution in [0.4, 0.5) is 5.69 Å². The summed E-state index contributed by atoms with van der Waals surface area (Å²) >= 11 is 0. The van der Waals surface area contributed by atoms with Crippen LogP contribution in [-0.2, 0) is 20.2 Å². The molecule has 4 heterocycles. The number of allylic oxidation sites excluding steroid dienone is 2. The van der Waals surface area contributed by atoms with E-state index in [1.54, 1.807) is 36.4 Å². The van der Waals surface area contributed by atoms with Gasteiger partial charge in [-0.25, -0.2) is 21.6 Å². The Morgan fingerprint density at radius 2 is 1.39 bits per heavy atom. The molecular weight excluding hydrogens is 777 g/mol. The van der Waals surface area contributed by atoms with E-state index in [0.29, 0.717) is 33.1 Å². The first-order valence-corrected chi connectivity index (χ1v) is 19.8. The van der Waals surface area contributed by atoms with Gasteiger partial charge in [-0.05, 0) is 48.0 Å². The zero-order valence-electron chi connectivity index (χ0n) is 29.0. The molecule has 1 N–H and O–H groups in total. The van der Waals surface area contributed by atoms with E-state index in [1.165, 1.54) is 48.6 Å². The molecule has 0 aliphatic carbocycles. The Balaban J connectivity index is 1.33. The third-order valence-corrected chi connectivity index (χ3v) is 10.6. The Kier molecular flexibility index (Phi) is 8.09. The molecule has 0 bridgehead atoms. The molecule has 57 heavy (non-hydrogen) atoms. The molecule has 0 atom stereocenters. The Morgan fingerprint density at radius 1 is 0.772 bits per heavy atom. The molecule has 8 aromatic rings. The van der Waals surface area contributed by atoms with Crippen molar-refractivity contribution in [2.75, 3.05) is 10.8 Å². The summed E-state index contributed by atoms with van der Waals surface area (Å²) in [6, 6.07) is 26.3. The maximum atomic E-state index is 12.8. The number of ether oxygens (including phenoxy) is 1. The smallest absolute Gasteiger partial charge is 0.381 e. The van der Waals surface area contributed by atoms with Crippen LogP contribution < -0.4 is 14.2 Å². The van der Waals surface area contributed by atoms with E-state index < -0.39 is 37.1 Å². The molecule has 14 nitrogen and oxygen atoms in total. The van der Waals surface area contributed by atoms with Crippen LogP contribution in [0, 0.1) is 0 Å². The minimum absolute atomic E-state index is 0.0308. The number of anilines is 1. The van der Waals surface area contributed by atoms with Gasteiger partial charge in [0.2, 0.25) is 11.5 Å². The quantitative estimate of drug-likeness (QED) is 0.0911. The molecule has 9 rings (SSSR count). The van der Waals surface area contributed by atoms with Gasteiger partial charge < -0.3 is 32.2 Å². The number of hydrogen-bond donors (Lipinski definition) is 1. The van der Waals surface area contributed by atoms with Crippen molar-refractivity contribution in [2.24, 2.45) is 0 Å². The number of benzene rings is 5. The standard InChI is InChI=1S/C41H24N2O12S2/c1-2-9-40(57(49,50)51)43-31-21-35-29(26-12-6-8-15-33(26)53-35)19-37(31)55-39(43)17-23(24-10-3-4-13-27(24)41(44)45)16-38-42(22-56(46,47)48)30-20-34-28(18-36(30)54-38)25-11-5-7-14-32(25)52-34/h3-8,10-21H,1,22H2,(H2-,44,45,46,47,48,49,50,51)/p-1. The maximum Gasteiger partial charge on any atom is 0.381 e. The average Bonchev–Trinajstić information content (AvgIpc) is 3.90. The van der Waals surface area contributed by atoms with Crippen molar-refractivity contribution >= 4 is 104 Å². The lowest BCUT2D eigenvalue weighted by Crippen LogP contribution is -2.37. The lowest BCUT2D eigenvalue weighted by atomic mass is 9.99. The topological polar surface area (TPSA) is 207 Å². The Bertz CT molecular complexity index is 3450. The van der Waals surface area contributed by atoms with Crippen LogP contribution in [0.1, 0.15) is 21.8 Å². The number of hydrogen-bond acceptors (Lipinski definition) is 12. The van der Waals surface area contributed by atoms with Crippen LogP contribution in [0.3, 0.4) is 0 Å². The molecule has 5 aromatic carbocycles. The zero-order chi connectivity index (χ0) is 39.8. The number of fused-ring (bicyclic) bond motifs is 8. The van der Waals surface area contributed by atoms with Gasteiger partial charge in [-0.2, -0.15) is 0 Å². The largest absolute Gasteiger partial charge is 0.747 e. The van der Waals surface area contributed by atoms with Gasteiger partial charge in [0.1, 0.15) is 38.3 Å². The fourth-order valence-electron chi connectivity index (χ4n) is 6.99. The van der Waals surface area contributed by atoms with Gasteiger partial charge in [-0.1, -0.05) is 60.3 Å². The van der Waals surface area contributed by atoms with Crippen molar-refractivity contribution < 1.29 is 58.4 Å². The number of oxazole rings is 1. The molecule has 0 fully saturated rings. The molecule has 0 saturated carbocycles. The van der Waals surface area contributed by atoms with Crippen LogP contribution in [0.5, 0.6) is 5.75 Å². The lowest BCUT2D eigenvalue weighted by Gasteiger charge is -2.20. The van der Waals surface area contributed by atoms with Gasteiger partial charge in [0, 0.05) is 39.4 Å². The Morgan fingerprint density at radius 3 is 2.02 bits per heavy atom. The molecule has 1 aliphatic rings. The first kappa shape index (κ1) is 35.5. The van der Waals surface area contributed by atoms with E-state index in [1.807, 2.05) is 24.3 Å². The van der Waals surface area contributed by atoms with Crippen molar-refractivity contribution in [2.45, 2.75) is 0 Å². The number of rotatable bonds is 8. The first-order valence-electron chi connectivity index (χ1n) is 16.8. The summed E-state index contributed by atoms with van der Waals surface area (Å²) in [7, 11) is -10.3. The predicted molar refractivity (Wildman–Crippen MR) is 206 cm³/mol. The number of aromatic nitrogens is 1. The number of aromatic carboxylic acids is 1. The van der Waals surface area contributed by atoms with Crippen molar-refractivity contribution in [1.82, 2.24) is 0 Å². The molecule has 0 amide bonds. The van der Waals surface area contributed by atoms with Crippen LogP contribution in [0.15, 0.2) is 140 Å². The predicted octanol–water partition coefficient (Wildman–Crippen LogP) is 7.28. The highest BCUT2D eigenvalue weighted by atomic mass is 32.2. The molecule has 0 saturated heterocycles. The molecule has 282 valence electrons. The van der Waals surface area contributed by atoms with E-state index in [4.69, 9.17) is 18.0 Å². The molecule has 1 aliphatic heterocycles. The second-order valence-electron chi connectivity index (χ2n) is 12.8. The molecule has 0 radical (unpaired) electrons. The fraction of sp³-hybridized carbons (Fsp3) is 0.0244. The van der Waals surface area contributed by atoms with Gasteiger partial charge in [-0.15, -0.1) is 4.57 Å². The van der Waals surface area contributed by atoms with Crippen LogP contribution in [-0.4, -0.2) is 42.9 Å². The Hall–Kier alpha value is -7.16. The molecule has 0 spiro atoms. The SMILES string of the molecule is C=C=C=C([n+]1c(C=C(C=C2Oc3cc4c(cc3N2CS(=O)(=O)[O-])oc2ccccc24)c2ccccc2C(=O)O)oc2cc3c(cc21)oc1ccccc13)S(=O)(=O)[O-]. The number of carbonyl (C=O) groups is 1. The summed E-state index contributed by atoms with van der Waals surface area (Å²) in [6.07, 6.45) is 2.50. The summed E-state index contributed by atoms with van der Waals surface area (Å²) in [6.45, 7) is 3.39. The number of furan rings is 2. The summed E-state index contributed by atoms with van der Waals surface area (Å²) in [4.78, 5) is 13.7. The molecule has 16 heteroatoms. The van der Waals surface area contributed by atoms with Crippen molar-refractivity contribution in [3.8, 4) is 5.75 Å². The van der Waals surface area contributed by atoms with E-state index in [0.717, 1.165) is 20.2 Å². The monoisotopic (exact) mass is 799 g/mol. The highest BCUT2D eigenvalue weighted by Crippen LogP contribution is 2.45. The first-order chi connectivity index (χ1) is 27.3. The van der Waals surface area contributed by atoms with Gasteiger partial charge in [-0.3, -0.25) is 4.90 Å². The number of carboxylic acids is 1. The van der Waals surface area contributed by atoms with Gasteiger partial charge in [0.15, 0.2) is 15.9 Å². The van der Waals surface area contributed by atoms with Crippen molar-refractivity contribution in [3.63, 3.8) is 0 Å². The third-order valence-electron chi connectivity index (χ3n) is 9.31. The van der Waals surface area contributed by atoms with Gasteiger partial charge >= 0.3 is 16.9 Å². The second-order valence-corrected chi connectivity index (χ2v) is 15.5. The van der Waals surface area contributed by atoms with Crippen LogP contribution in [0.25, 0.3) is 71.7 Å². The third kappa shape index (κ3) is 6.16. The van der Waals surface area contributed by atoms with Gasteiger partial charge in [0.25, 0.3) is 5.52 Å². The average molecular weight is 800 g/mol. The van der Waals surface area contributed by atoms with E-state index in [9.17, 15) is 35.8 Å². The van der Waals surface area contributed by atoms with Crippen molar-refractivity contribution in [1.29, 1.82) is 0 Å². The number of para-hydroxylation sites is 2. The Labute approximate surface area is 321 Å². The summed E-state index contributed by atoms with van der Waals surface area (Å²) < 4.78 is 101. The minimum atomic E-state index is -5.34.